The third kappa shape index (κ3) is 4.00. The number of carbonyl (C=O) groups excluding carboxylic acids is 1. The Morgan fingerprint density at radius 1 is 1.21 bits per heavy atom. The summed E-state index contributed by atoms with van der Waals surface area (Å²) in [5, 5.41) is 13.8. The average Bonchev–Trinajstić information content (AvgIpc) is 3.15. The van der Waals surface area contributed by atoms with E-state index in [1.54, 1.807) is 48.4 Å². The van der Waals surface area contributed by atoms with Gasteiger partial charge in [-0.25, -0.2) is 9.97 Å². The van der Waals surface area contributed by atoms with Gasteiger partial charge in [-0.2, -0.15) is 10.4 Å². The van der Waals surface area contributed by atoms with Crippen LogP contribution in [0.2, 0.25) is 0 Å². The molecule has 0 bridgehead atoms. The first-order valence-electron chi connectivity index (χ1n) is 9.41. The summed E-state index contributed by atoms with van der Waals surface area (Å²) in [6, 6.07) is 8.78. The molecule has 0 fully saturated rings. The number of hydrogen-bond acceptors (Lipinski definition) is 7. The number of hydrogen-bond donors (Lipinski definition) is 1. The Hall–Kier alpha value is -3.57. The molecule has 0 aliphatic rings. The molecule has 0 spiro atoms. The third-order valence-corrected chi connectivity index (χ3v) is 4.76. The van der Waals surface area contributed by atoms with Gasteiger partial charge in [0.2, 0.25) is 5.78 Å². The molecule has 0 unspecified atom stereocenters. The number of benzene rings is 1. The normalized spacial score (nSPS) is 10.6. The van der Waals surface area contributed by atoms with Crippen LogP contribution in [-0.2, 0) is 13.6 Å². The van der Waals surface area contributed by atoms with Gasteiger partial charge in [-0.1, -0.05) is 0 Å². The molecule has 0 aliphatic carbocycles. The largest absolute Gasteiger partial charge is 0.356 e. The number of rotatable bonds is 7. The number of carbonyl (C=O) groups is 1. The van der Waals surface area contributed by atoms with Gasteiger partial charge in [0.05, 0.1) is 11.6 Å². The van der Waals surface area contributed by atoms with Gasteiger partial charge >= 0.3 is 0 Å². The molecule has 8 nitrogen and oxygen atoms in total. The first-order valence-corrected chi connectivity index (χ1v) is 9.41. The maximum atomic E-state index is 13.4. The molecule has 2 heterocycles. The summed E-state index contributed by atoms with van der Waals surface area (Å²) in [6.45, 7) is 5.99. The molecule has 0 atom stereocenters. The SMILES string of the molecule is CCN(CC)c1cc(C(=O)c2cc(C#N)ccc2-c2ncc(CN)cn2)n(C)n1. The summed E-state index contributed by atoms with van der Waals surface area (Å²) >= 11 is 0. The van der Waals surface area contributed by atoms with Crippen molar-refractivity contribution in [2.45, 2.75) is 20.4 Å². The van der Waals surface area contributed by atoms with Crippen LogP contribution < -0.4 is 10.6 Å². The van der Waals surface area contributed by atoms with Crippen molar-refractivity contribution in [1.82, 2.24) is 19.7 Å². The minimum Gasteiger partial charge on any atom is -0.356 e. The summed E-state index contributed by atoms with van der Waals surface area (Å²) in [6.07, 6.45) is 3.27. The summed E-state index contributed by atoms with van der Waals surface area (Å²) in [5.74, 6) is 0.903. The second kappa shape index (κ2) is 8.63. The number of ketones is 1. The van der Waals surface area contributed by atoms with Crippen molar-refractivity contribution in [2.24, 2.45) is 12.8 Å². The number of aryl methyl sites for hydroxylation is 1. The average molecular weight is 389 g/mol. The molecule has 8 heteroatoms. The highest BCUT2D eigenvalue weighted by Crippen LogP contribution is 2.25. The van der Waals surface area contributed by atoms with Crippen molar-refractivity contribution in [3.8, 4) is 17.5 Å². The van der Waals surface area contributed by atoms with Gasteiger partial charge in [0.1, 0.15) is 5.69 Å². The van der Waals surface area contributed by atoms with Crippen molar-refractivity contribution in [3.63, 3.8) is 0 Å². The van der Waals surface area contributed by atoms with Crippen LogP contribution >= 0.6 is 0 Å². The van der Waals surface area contributed by atoms with E-state index < -0.39 is 0 Å². The van der Waals surface area contributed by atoms with Crippen LogP contribution in [0.3, 0.4) is 0 Å². The van der Waals surface area contributed by atoms with Crippen LogP contribution in [0.15, 0.2) is 36.7 Å². The summed E-state index contributed by atoms with van der Waals surface area (Å²) < 4.78 is 1.57. The van der Waals surface area contributed by atoms with Crippen LogP contribution in [0, 0.1) is 11.3 Å². The van der Waals surface area contributed by atoms with E-state index in [2.05, 4.69) is 26.0 Å². The number of anilines is 1. The molecule has 0 saturated heterocycles. The molecule has 0 amide bonds. The smallest absolute Gasteiger partial charge is 0.211 e. The molecule has 2 N–H and O–H groups in total. The molecule has 148 valence electrons. The summed E-state index contributed by atoms with van der Waals surface area (Å²) in [5.41, 5.74) is 8.15. The Labute approximate surface area is 169 Å². The van der Waals surface area contributed by atoms with E-state index >= 15 is 0 Å². The van der Waals surface area contributed by atoms with Crippen molar-refractivity contribution in [2.75, 3.05) is 18.0 Å². The molecule has 3 rings (SSSR count). The molecule has 0 saturated carbocycles. The van der Waals surface area contributed by atoms with Crippen LogP contribution in [-0.4, -0.2) is 38.6 Å². The highest BCUT2D eigenvalue weighted by molar-refractivity contribution is 6.12. The predicted molar refractivity (Wildman–Crippen MR) is 110 cm³/mol. The Balaban J connectivity index is 2.09. The van der Waals surface area contributed by atoms with Gasteiger partial charge in [0.15, 0.2) is 11.6 Å². The van der Waals surface area contributed by atoms with E-state index in [1.807, 2.05) is 13.8 Å². The molecule has 1 aromatic carbocycles. The lowest BCUT2D eigenvalue weighted by molar-refractivity contribution is 0.103. The molecular weight excluding hydrogens is 366 g/mol. The topological polar surface area (TPSA) is 114 Å². The molecule has 0 radical (unpaired) electrons. The van der Waals surface area contributed by atoms with Crippen LogP contribution in [0.5, 0.6) is 0 Å². The standard InChI is InChI=1S/C21H23N7O/c1-4-28(5-2)19-9-18(27(3)26-19)20(29)17-8-14(10-22)6-7-16(17)21-24-12-15(11-23)13-25-21/h6-9,12-13H,4-5,11,23H2,1-3H3. The molecule has 3 aromatic rings. The second-order valence-electron chi connectivity index (χ2n) is 6.50. The molecule has 2 aromatic heterocycles. The zero-order valence-corrected chi connectivity index (χ0v) is 16.8. The predicted octanol–water partition coefficient (Wildman–Crippen LogP) is 2.28. The first kappa shape index (κ1) is 20.2. The maximum Gasteiger partial charge on any atom is 0.211 e. The van der Waals surface area contributed by atoms with Gasteiger partial charge in [0.25, 0.3) is 0 Å². The van der Waals surface area contributed by atoms with Crippen molar-refractivity contribution in [3.05, 3.63) is 59.0 Å². The van der Waals surface area contributed by atoms with Crippen molar-refractivity contribution in [1.29, 1.82) is 5.26 Å². The van der Waals surface area contributed by atoms with Crippen LogP contribution in [0.25, 0.3) is 11.4 Å². The fourth-order valence-corrected chi connectivity index (χ4v) is 3.10. The minimum absolute atomic E-state index is 0.239. The summed E-state index contributed by atoms with van der Waals surface area (Å²) in [7, 11) is 1.74. The van der Waals surface area contributed by atoms with Gasteiger partial charge in [-0.3, -0.25) is 9.48 Å². The maximum absolute atomic E-state index is 13.4. The van der Waals surface area contributed by atoms with Crippen molar-refractivity contribution >= 4 is 11.6 Å². The number of nitrogens with zero attached hydrogens (tertiary/aromatic N) is 6. The highest BCUT2D eigenvalue weighted by Gasteiger charge is 2.22. The third-order valence-electron chi connectivity index (χ3n) is 4.76. The zero-order valence-electron chi connectivity index (χ0n) is 16.8. The fourth-order valence-electron chi connectivity index (χ4n) is 3.10. The highest BCUT2D eigenvalue weighted by atomic mass is 16.1. The Kier molecular flexibility index (Phi) is 6.00. The number of aromatic nitrogens is 4. The number of nitriles is 1. The quantitative estimate of drug-likeness (QED) is 0.617. The molecular formula is C21H23N7O. The van der Waals surface area contributed by atoms with E-state index in [9.17, 15) is 10.1 Å². The fraction of sp³-hybridized carbons (Fsp3) is 0.286. The minimum atomic E-state index is -0.239. The Morgan fingerprint density at radius 3 is 2.48 bits per heavy atom. The monoisotopic (exact) mass is 389 g/mol. The van der Waals surface area contributed by atoms with Crippen LogP contribution in [0.1, 0.15) is 41.0 Å². The van der Waals surface area contributed by atoms with E-state index in [1.165, 1.54) is 0 Å². The molecule has 0 aliphatic heterocycles. The lowest BCUT2D eigenvalue weighted by atomic mass is 9.98. The van der Waals surface area contributed by atoms with Gasteiger partial charge in [-0.15, -0.1) is 0 Å². The first-order chi connectivity index (χ1) is 14.0. The lowest BCUT2D eigenvalue weighted by Crippen LogP contribution is -2.22. The van der Waals surface area contributed by atoms with E-state index in [-0.39, 0.29) is 5.78 Å². The molecule has 29 heavy (non-hydrogen) atoms. The Bertz CT molecular complexity index is 1060. The number of nitrogens with two attached hydrogens (primary N) is 1. The van der Waals surface area contributed by atoms with Crippen molar-refractivity contribution < 1.29 is 4.79 Å². The zero-order chi connectivity index (χ0) is 21.0. The van der Waals surface area contributed by atoms with Gasteiger partial charge in [-0.05, 0) is 32.0 Å². The Morgan fingerprint density at radius 2 is 1.90 bits per heavy atom. The van der Waals surface area contributed by atoms with E-state index in [4.69, 9.17) is 5.73 Å². The van der Waals surface area contributed by atoms with Gasteiger partial charge in [0, 0.05) is 61.8 Å². The van der Waals surface area contributed by atoms with Gasteiger partial charge < -0.3 is 10.6 Å². The summed E-state index contributed by atoms with van der Waals surface area (Å²) in [4.78, 5) is 24.1. The van der Waals surface area contributed by atoms with E-state index in [0.29, 0.717) is 34.8 Å². The van der Waals surface area contributed by atoms with Crippen LogP contribution in [0.4, 0.5) is 5.82 Å². The van der Waals surface area contributed by atoms with E-state index in [0.717, 1.165) is 24.5 Å². The second-order valence-corrected chi connectivity index (χ2v) is 6.50. The lowest BCUT2D eigenvalue weighted by Gasteiger charge is -2.16.